The quantitative estimate of drug-likeness (QED) is 0.324. The number of aromatic nitrogens is 1. The maximum absolute atomic E-state index is 10.0. The number of aryl methyl sites for hydroxylation is 1. The van der Waals surface area contributed by atoms with Crippen molar-refractivity contribution in [2.75, 3.05) is 0 Å². The van der Waals surface area contributed by atoms with Crippen LogP contribution in [-0.4, -0.2) is 16.1 Å². The lowest BCUT2D eigenvalue weighted by atomic mass is 10.1. The zero-order valence-corrected chi connectivity index (χ0v) is 16.3. The SMILES string of the molecule is CCCCCCC=CC(=O)O.CCCCCCCCc1ccccn1. The minimum Gasteiger partial charge on any atom is -0.478 e. The van der Waals surface area contributed by atoms with E-state index in [4.69, 9.17) is 5.11 Å². The summed E-state index contributed by atoms with van der Waals surface area (Å²) in [5.41, 5.74) is 1.24. The number of nitrogens with zero attached hydrogens (tertiary/aromatic N) is 1. The topological polar surface area (TPSA) is 50.2 Å². The molecule has 0 bridgehead atoms. The van der Waals surface area contributed by atoms with Crippen LogP contribution in [0.25, 0.3) is 0 Å². The summed E-state index contributed by atoms with van der Waals surface area (Å²) in [6, 6.07) is 6.16. The average Bonchev–Trinajstić information content (AvgIpc) is 2.62. The van der Waals surface area contributed by atoms with Crippen LogP contribution >= 0.6 is 0 Å². The van der Waals surface area contributed by atoms with E-state index < -0.39 is 5.97 Å². The van der Waals surface area contributed by atoms with Gasteiger partial charge in [-0.2, -0.15) is 0 Å². The molecular weight excluding hydrogens is 310 g/mol. The Morgan fingerprint density at radius 3 is 2.20 bits per heavy atom. The lowest BCUT2D eigenvalue weighted by molar-refractivity contribution is -0.131. The van der Waals surface area contributed by atoms with E-state index in [1.807, 2.05) is 12.3 Å². The van der Waals surface area contributed by atoms with Crippen LogP contribution in [-0.2, 0) is 11.2 Å². The first-order valence-electron chi connectivity index (χ1n) is 10.00. The van der Waals surface area contributed by atoms with Crippen LogP contribution in [0.3, 0.4) is 0 Å². The fourth-order valence-electron chi connectivity index (χ4n) is 2.51. The molecule has 0 radical (unpaired) electrons. The monoisotopic (exact) mass is 347 g/mol. The number of unbranched alkanes of at least 4 members (excludes halogenated alkanes) is 9. The van der Waals surface area contributed by atoms with Crippen LogP contribution in [0.4, 0.5) is 0 Å². The molecule has 0 aliphatic heterocycles. The fraction of sp³-hybridized carbons (Fsp3) is 0.636. The van der Waals surface area contributed by atoms with Crippen LogP contribution in [0.15, 0.2) is 36.5 Å². The van der Waals surface area contributed by atoms with Crippen LogP contribution in [0.1, 0.15) is 90.2 Å². The Labute approximate surface area is 154 Å². The molecule has 0 fully saturated rings. The molecular formula is C22H37NO2. The van der Waals surface area contributed by atoms with Crippen molar-refractivity contribution in [3.63, 3.8) is 0 Å². The van der Waals surface area contributed by atoms with E-state index in [2.05, 4.69) is 31.0 Å². The molecule has 0 unspecified atom stereocenters. The molecule has 25 heavy (non-hydrogen) atoms. The highest BCUT2D eigenvalue weighted by molar-refractivity contribution is 5.79. The van der Waals surface area contributed by atoms with Gasteiger partial charge < -0.3 is 5.11 Å². The molecule has 1 aromatic heterocycles. The lowest BCUT2D eigenvalue weighted by Crippen LogP contribution is -1.88. The first kappa shape index (κ1) is 23.4. The van der Waals surface area contributed by atoms with Crippen molar-refractivity contribution in [3.8, 4) is 0 Å². The van der Waals surface area contributed by atoms with Gasteiger partial charge in [-0.05, 0) is 37.8 Å². The molecule has 1 heterocycles. The molecule has 3 heteroatoms. The molecule has 0 aliphatic rings. The first-order chi connectivity index (χ1) is 12.2. The highest BCUT2D eigenvalue weighted by atomic mass is 16.4. The number of allylic oxidation sites excluding steroid dienone is 1. The van der Waals surface area contributed by atoms with E-state index >= 15 is 0 Å². The van der Waals surface area contributed by atoms with Crippen molar-refractivity contribution in [2.45, 2.75) is 90.9 Å². The molecule has 1 aromatic rings. The predicted octanol–water partition coefficient (Wildman–Crippen LogP) is 6.58. The minimum atomic E-state index is -0.847. The maximum Gasteiger partial charge on any atom is 0.327 e. The van der Waals surface area contributed by atoms with Gasteiger partial charge >= 0.3 is 5.97 Å². The Morgan fingerprint density at radius 2 is 1.60 bits per heavy atom. The molecule has 0 aromatic carbocycles. The molecule has 0 saturated carbocycles. The van der Waals surface area contributed by atoms with Crippen LogP contribution in [0, 0.1) is 0 Å². The number of hydrogen-bond donors (Lipinski definition) is 1. The van der Waals surface area contributed by atoms with Gasteiger partial charge in [0.25, 0.3) is 0 Å². The molecule has 3 nitrogen and oxygen atoms in total. The third kappa shape index (κ3) is 18.5. The van der Waals surface area contributed by atoms with Gasteiger partial charge in [-0.3, -0.25) is 4.98 Å². The molecule has 0 atom stereocenters. The normalized spacial score (nSPS) is 10.5. The van der Waals surface area contributed by atoms with Gasteiger partial charge in [-0.25, -0.2) is 4.79 Å². The van der Waals surface area contributed by atoms with Gasteiger partial charge in [0, 0.05) is 18.0 Å². The van der Waals surface area contributed by atoms with Crippen LogP contribution in [0.5, 0.6) is 0 Å². The summed E-state index contributed by atoms with van der Waals surface area (Å²) in [6.07, 6.45) is 19.8. The van der Waals surface area contributed by atoms with E-state index in [1.165, 1.54) is 69.6 Å². The number of rotatable bonds is 13. The number of carboxylic acids is 1. The van der Waals surface area contributed by atoms with Gasteiger partial charge in [-0.1, -0.05) is 77.4 Å². The summed E-state index contributed by atoms with van der Waals surface area (Å²) in [7, 11) is 0. The second-order valence-electron chi connectivity index (χ2n) is 6.43. The summed E-state index contributed by atoms with van der Waals surface area (Å²) < 4.78 is 0. The Kier molecular flexibility index (Phi) is 17.5. The summed E-state index contributed by atoms with van der Waals surface area (Å²) in [6.45, 7) is 4.42. The Bertz CT molecular complexity index is 429. The predicted molar refractivity (Wildman–Crippen MR) is 107 cm³/mol. The second-order valence-corrected chi connectivity index (χ2v) is 6.43. The highest BCUT2D eigenvalue weighted by Gasteiger charge is 1.93. The van der Waals surface area contributed by atoms with Crippen molar-refractivity contribution < 1.29 is 9.90 Å². The summed E-state index contributed by atoms with van der Waals surface area (Å²) in [5, 5.41) is 8.23. The minimum absolute atomic E-state index is 0.847. The standard InChI is InChI=1S/C13H21N.C9H16O2/c1-2-3-4-5-6-7-10-13-11-8-9-12-14-13;1-2-3-4-5-6-7-8-9(10)11/h8-9,11-12H,2-7,10H2,1H3;7-8H,2-6H2,1H3,(H,10,11). The van der Waals surface area contributed by atoms with E-state index in [0.717, 1.165) is 19.3 Å². The Morgan fingerprint density at radius 1 is 0.960 bits per heavy atom. The summed E-state index contributed by atoms with van der Waals surface area (Å²) in [4.78, 5) is 14.3. The molecule has 0 spiro atoms. The number of carbonyl (C=O) groups is 1. The number of hydrogen-bond acceptors (Lipinski definition) is 2. The van der Waals surface area contributed by atoms with Crippen LogP contribution in [0.2, 0.25) is 0 Å². The van der Waals surface area contributed by atoms with Gasteiger partial charge in [0.2, 0.25) is 0 Å². The van der Waals surface area contributed by atoms with E-state index in [0.29, 0.717) is 0 Å². The molecule has 0 aliphatic carbocycles. The molecule has 1 rings (SSSR count). The first-order valence-corrected chi connectivity index (χ1v) is 10.00. The van der Waals surface area contributed by atoms with Crippen molar-refractivity contribution in [1.29, 1.82) is 0 Å². The third-order valence-electron chi connectivity index (χ3n) is 4.00. The maximum atomic E-state index is 10.0. The third-order valence-corrected chi connectivity index (χ3v) is 4.00. The lowest BCUT2D eigenvalue weighted by Gasteiger charge is -2.00. The van der Waals surface area contributed by atoms with Gasteiger partial charge in [0.1, 0.15) is 0 Å². The molecule has 0 amide bonds. The summed E-state index contributed by atoms with van der Waals surface area (Å²) in [5.74, 6) is -0.847. The largest absolute Gasteiger partial charge is 0.478 e. The zero-order chi connectivity index (χ0) is 18.6. The fourth-order valence-corrected chi connectivity index (χ4v) is 2.51. The van der Waals surface area contributed by atoms with E-state index in [-0.39, 0.29) is 0 Å². The van der Waals surface area contributed by atoms with Crippen molar-refractivity contribution >= 4 is 5.97 Å². The Balaban J connectivity index is 0.000000477. The number of carboxylic acid groups (broad SMARTS) is 1. The highest BCUT2D eigenvalue weighted by Crippen LogP contribution is 2.08. The molecule has 142 valence electrons. The van der Waals surface area contributed by atoms with E-state index in [9.17, 15) is 4.79 Å². The van der Waals surface area contributed by atoms with Gasteiger partial charge in [0.15, 0.2) is 0 Å². The number of aliphatic carboxylic acids is 1. The van der Waals surface area contributed by atoms with Crippen molar-refractivity contribution in [3.05, 3.63) is 42.2 Å². The average molecular weight is 348 g/mol. The van der Waals surface area contributed by atoms with Crippen molar-refractivity contribution in [1.82, 2.24) is 4.98 Å². The van der Waals surface area contributed by atoms with Gasteiger partial charge in [0.05, 0.1) is 0 Å². The Hall–Kier alpha value is -1.64. The van der Waals surface area contributed by atoms with Crippen LogP contribution < -0.4 is 0 Å². The van der Waals surface area contributed by atoms with Gasteiger partial charge in [-0.15, -0.1) is 0 Å². The molecule has 0 saturated heterocycles. The smallest absolute Gasteiger partial charge is 0.327 e. The zero-order valence-electron chi connectivity index (χ0n) is 16.3. The summed E-state index contributed by atoms with van der Waals surface area (Å²) >= 11 is 0. The number of pyridine rings is 1. The second kappa shape index (κ2) is 18.7. The van der Waals surface area contributed by atoms with E-state index in [1.54, 1.807) is 6.08 Å². The van der Waals surface area contributed by atoms with Crippen molar-refractivity contribution in [2.24, 2.45) is 0 Å². The molecule has 1 N–H and O–H groups in total.